The summed E-state index contributed by atoms with van der Waals surface area (Å²) >= 11 is 0. The molecule has 0 saturated carbocycles. The molecule has 0 aliphatic carbocycles. The van der Waals surface area contributed by atoms with Gasteiger partial charge in [0.05, 0.1) is 18.3 Å². The topological polar surface area (TPSA) is 86.7 Å². The fourth-order valence-corrected chi connectivity index (χ4v) is 2.36. The van der Waals surface area contributed by atoms with Gasteiger partial charge in [-0.1, -0.05) is 18.2 Å². The number of nitrogens with one attached hydrogen (secondary N) is 1. The number of nitrogens with two attached hydrogens (primary N) is 1. The maximum absolute atomic E-state index is 11.9. The highest BCUT2D eigenvalue weighted by Gasteiger charge is 2.22. The SMILES string of the molecule is NNC(=O)c1c(COC2CCOC2)oc2ccccc12. The first-order valence-corrected chi connectivity index (χ1v) is 6.50. The van der Waals surface area contributed by atoms with Gasteiger partial charge in [-0.25, -0.2) is 5.84 Å². The van der Waals surface area contributed by atoms with E-state index in [1.54, 1.807) is 0 Å². The van der Waals surface area contributed by atoms with Crippen LogP contribution in [0.4, 0.5) is 0 Å². The molecule has 1 aliphatic rings. The van der Waals surface area contributed by atoms with Crippen molar-refractivity contribution in [2.45, 2.75) is 19.1 Å². The van der Waals surface area contributed by atoms with Gasteiger partial charge in [0.2, 0.25) is 0 Å². The lowest BCUT2D eigenvalue weighted by Gasteiger charge is -2.08. The molecule has 3 N–H and O–H groups in total. The van der Waals surface area contributed by atoms with Crippen LogP contribution in [-0.2, 0) is 16.1 Å². The van der Waals surface area contributed by atoms with E-state index in [1.165, 1.54) is 0 Å². The van der Waals surface area contributed by atoms with E-state index < -0.39 is 0 Å². The van der Waals surface area contributed by atoms with Crippen molar-refractivity contribution in [3.8, 4) is 0 Å². The van der Waals surface area contributed by atoms with Crippen LogP contribution < -0.4 is 11.3 Å². The van der Waals surface area contributed by atoms with Crippen LogP contribution >= 0.6 is 0 Å². The number of furan rings is 1. The number of hydrogen-bond donors (Lipinski definition) is 2. The minimum absolute atomic E-state index is 0.0528. The standard InChI is InChI=1S/C14H16N2O4/c15-16-14(17)13-10-3-1-2-4-11(10)20-12(13)8-19-9-5-6-18-7-9/h1-4,9H,5-8,15H2,(H,16,17). The van der Waals surface area contributed by atoms with Crippen LogP contribution in [-0.4, -0.2) is 25.2 Å². The predicted octanol–water partition coefficient (Wildman–Crippen LogP) is 1.34. The average molecular weight is 276 g/mol. The summed E-state index contributed by atoms with van der Waals surface area (Å²) in [5, 5.41) is 0.733. The Morgan fingerprint density at radius 2 is 2.30 bits per heavy atom. The van der Waals surface area contributed by atoms with Crippen molar-refractivity contribution in [3.63, 3.8) is 0 Å². The molecular formula is C14H16N2O4. The largest absolute Gasteiger partial charge is 0.458 e. The summed E-state index contributed by atoms with van der Waals surface area (Å²) in [7, 11) is 0. The Kier molecular flexibility index (Phi) is 3.68. The molecule has 6 nitrogen and oxygen atoms in total. The summed E-state index contributed by atoms with van der Waals surface area (Å²) in [4.78, 5) is 11.9. The lowest BCUT2D eigenvalue weighted by Crippen LogP contribution is -2.30. The minimum atomic E-state index is -0.378. The van der Waals surface area contributed by atoms with Crippen molar-refractivity contribution in [2.24, 2.45) is 5.84 Å². The van der Waals surface area contributed by atoms with E-state index in [1.807, 2.05) is 24.3 Å². The van der Waals surface area contributed by atoms with E-state index in [0.29, 0.717) is 30.1 Å². The number of ether oxygens (including phenoxy) is 2. The molecule has 1 unspecified atom stereocenters. The van der Waals surface area contributed by atoms with Crippen LogP contribution in [0.3, 0.4) is 0 Å². The smallest absolute Gasteiger partial charge is 0.269 e. The number of benzene rings is 1. The number of fused-ring (bicyclic) bond motifs is 1. The molecule has 20 heavy (non-hydrogen) atoms. The quantitative estimate of drug-likeness (QED) is 0.500. The van der Waals surface area contributed by atoms with Gasteiger partial charge in [-0.2, -0.15) is 0 Å². The first kappa shape index (κ1) is 13.1. The van der Waals surface area contributed by atoms with E-state index in [0.717, 1.165) is 11.8 Å². The molecular weight excluding hydrogens is 260 g/mol. The van der Waals surface area contributed by atoms with Crippen molar-refractivity contribution in [2.75, 3.05) is 13.2 Å². The van der Waals surface area contributed by atoms with Gasteiger partial charge >= 0.3 is 0 Å². The summed E-state index contributed by atoms with van der Waals surface area (Å²) in [5.74, 6) is 5.35. The summed E-state index contributed by atoms with van der Waals surface area (Å²) in [5.41, 5.74) is 3.23. The number of rotatable bonds is 4. The number of para-hydroxylation sites is 1. The molecule has 0 bridgehead atoms. The normalized spacial score (nSPS) is 18.6. The number of carbonyl (C=O) groups excluding carboxylic acids is 1. The van der Waals surface area contributed by atoms with Crippen molar-refractivity contribution < 1.29 is 18.7 Å². The van der Waals surface area contributed by atoms with Gasteiger partial charge in [0, 0.05) is 12.0 Å². The molecule has 0 spiro atoms. The number of carbonyl (C=O) groups is 1. The van der Waals surface area contributed by atoms with Crippen LogP contribution in [0, 0.1) is 0 Å². The van der Waals surface area contributed by atoms with Crippen molar-refractivity contribution in [1.82, 2.24) is 5.43 Å². The number of hydrogen-bond acceptors (Lipinski definition) is 5. The van der Waals surface area contributed by atoms with Gasteiger partial charge in [0.1, 0.15) is 18.0 Å². The second-order valence-electron chi connectivity index (χ2n) is 4.67. The molecule has 2 aromatic rings. The van der Waals surface area contributed by atoms with Gasteiger partial charge in [0.25, 0.3) is 5.91 Å². The van der Waals surface area contributed by atoms with E-state index >= 15 is 0 Å². The fraction of sp³-hybridized carbons (Fsp3) is 0.357. The molecule has 1 amide bonds. The lowest BCUT2D eigenvalue weighted by molar-refractivity contribution is 0.0236. The highest BCUT2D eigenvalue weighted by Crippen LogP contribution is 2.27. The molecule has 1 aliphatic heterocycles. The monoisotopic (exact) mass is 276 g/mol. The Morgan fingerprint density at radius 3 is 3.05 bits per heavy atom. The second-order valence-corrected chi connectivity index (χ2v) is 4.67. The molecule has 2 heterocycles. The van der Waals surface area contributed by atoms with Crippen LogP contribution in [0.5, 0.6) is 0 Å². The third-order valence-corrected chi connectivity index (χ3v) is 3.36. The van der Waals surface area contributed by atoms with Crippen LogP contribution in [0.15, 0.2) is 28.7 Å². The van der Waals surface area contributed by atoms with Gasteiger partial charge in [-0.3, -0.25) is 10.2 Å². The first-order valence-electron chi connectivity index (χ1n) is 6.50. The Balaban J connectivity index is 1.89. The number of amides is 1. The molecule has 106 valence electrons. The minimum Gasteiger partial charge on any atom is -0.458 e. The Morgan fingerprint density at radius 1 is 1.45 bits per heavy atom. The Bertz CT molecular complexity index is 617. The van der Waals surface area contributed by atoms with Gasteiger partial charge in [-0.15, -0.1) is 0 Å². The third-order valence-electron chi connectivity index (χ3n) is 3.36. The maximum atomic E-state index is 11.9. The lowest BCUT2D eigenvalue weighted by atomic mass is 10.1. The summed E-state index contributed by atoms with van der Waals surface area (Å²) in [6, 6.07) is 7.34. The average Bonchev–Trinajstić information content (AvgIpc) is 3.11. The van der Waals surface area contributed by atoms with Gasteiger partial charge in [-0.05, 0) is 12.5 Å². The van der Waals surface area contributed by atoms with Crippen molar-refractivity contribution >= 4 is 16.9 Å². The van der Waals surface area contributed by atoms with Gasteiger partial charge in [0.15, 0.2) is 0 Å². The Labute approximate surface area is 115 Å². The number of hydrazine groups is 1. The predicted molar refractivity (Wildman–Crippen MR) is 71.9 cm³/mol. The second kappa shape index (κ2) is 5.62. The van der Waals surface area contributed by atoms with E-state index in [4.69, 9.17) is 19.7 Å². The molecule has 1 aromatic heterocycles. The van der Waals surface area contributed by atoms with Crippen LogP contribution in [0.2, 0.25) is 0 Å². The Hall–Kier alpha value is -1.89. The first-order chi connectivity index (χ1) is 9.79. The van der Waals surface area contributed by atoms with Crippen molar-refractivity contribution in [1.29, 1.82) is 0 Å². The molecule has 3 rings (SSSR count). The molecule has 1 fully saturated rings. The fourth-order valence-electron chi connectivity index (χ4n) is 2.36. The summed E-state index contributed by atoms with van der Waals surface area (Å²) in [6.45, 7) is 1.52. The van der Waals surface area contributed by atoms with Gasteiger partial charge < -0.3 is 13.9 Å². The molecule has 0 radical (unpaired) electrons. The third kappa shape index (κ3) is 2.40. The van der Waals surface area contributed by atoms with E-state index in [9.17, 15) is 4.79 Å². The highest BCUT2D eigenvalue weighted by molar-refractivity contribution is 6.06. The zero-order chi connectivity index (χ0) is 13.9. The van der Waals surface area contributed by atoms with Crippen LogP contribution in [0.25, 0.3) is 11.0 Å². The molecule has 6 heteroatoms. The molecule has 1 atom stereocenters. The number of nitrogen functional groups attached to an aromatic ring is 1. The highest BCUT2D eigenvalue weighted by atomic mass is 16.5. The summed E-state index contributed by atoms with van der Waals surface area (Å²) < 4.78 is 16.7. The zero-order valence-corrected chi connectivity index (χ0v) is 10.9. The van der Waals surface area contributed by atoms with E-state index in [2.05, 4.69) is 5.43 Å². The van der Waals surface area contributed by atoms with E-state index in [-0.39, 0.29) is 18.6 Å². The molecule has 1 aromatic carbocycles. The summed E-state index contributed by atoms with van der Waals surface area (Å²) in [6.07, 6.45) is 0.913. The molecule has 1 saturated heterocycles. The van der Waals surface area contributed by atoms with Crippen molar-refractivity contribution in [3.05, 3.63) is 35.6 Å². The maximum Gasteiger partial charge on any atom is 0.269 e. The zero-order valence-electron chi connectivity index (χ0n) is 10.9. The van der Waals surface area contributed by atoms with Crippen LogP contribution in [0.1, 0.15) is 22.5 Å².